The lowest BCUT2D eigenvalue weighted by Crippen LogP contribution is -2.27. The highest BCUT2D eigenvalue weighted by molar-refractivity contribution is 7.85. The van der Waals surface area contributed by atoms with Gasteiger partial charge in [-0.05, 0) is 24.3 Å². The van der Waals surface area contributed by atoms with E-state index in [1.165, 1.54) is 29.3 Å². The molecule has 1 aromatic rings. The highest BCUT2D eigenvalue weighted by atomic mass is 32.2. The van der Waals surface area contributed by atoms with Crippen LogP contribution in [0.1, 0.15) is 13.3 Å². The molecule has 0 fully saturated rings. The lowest BCUT2D eigenvalue weighted by molar-refractivity contribution is -0.464. The maximum atomic E-state index is 11.6. The van der Waals surface area contributed by atoms with Crippen LogP contribution in [0.15, 0.2) is 29.2 Å². The van der Waals surface area contributed by atoms with Crippen LogP contribution in [0.5, 0.6) is 0 Å². The smallest absolute Gasteiger partial charge is 0.294 e. The zero-order chi connectivity index (χ0) is 12.6. The van der Waals surface area contributed by atoms with Gasteiger partial charge in [0.1, 0.15) is 5.69 Å². The van der Waals surface area contributed by atoms with Crippen molar-refractivity contribution in [1.29, 1.82) is 0 Å². The predicted molar refractivity (Wildman–Crippen MR) is 62.5 cm³/mol. The molecule has 1 aromatic carbocycles. The van der Waals surface area contributed by atoms with E-state index in [1.807, 2.05) is 0 Å². The van der Waals surface area contributed by atoms with E-state index < -0.39 is 10.1 Å². The number of hydrazone groups is 1. The Morgan fingerprint density at radius 3 is 2.35 bits per heavy atom. The van der Waals surface area contributed by atoms with Crippen molar-refractivity contribution in [2.75, 3.05) is 11.6 Å². The largest absolute Gasteiger partial charge is 0.596 e. The molecule has 0 bridgehead atoms. The van der Waals surface area contributed by atoms with Gasteiger partial charge in [0, 0.05) is 6.92 Å². The summed E-state index contributed by atoms with van der Waals surface area (Å²) in [6.45, 7) is 2.32. The van der Waals surface area contributed by atoms with Gasteiger partial charge in [0.15, 0.2) is 5.71 Å². The maximum Gasteiger partial charge on any atom is 0.294 e. The molecule has 0 spiro atoms. The van der Waals surface area contributed by atoms with Gasteiger partial charge in [-0.2, -0.15) is 8.42 Å². The van der Waals surface area contributed by atoms with Crippen molar-refractivity contribution in [3.63, 3.8) is 0 Å². The average molecular weight is 256 g/mol. The zero-order valence-electron chi connectivity index (χ0n) is 9.20. The number of hydrazine groups is 1. The number of hydrogen-bond donors (Lipinski definition) is 1. The highest BCUT2D eigenvalue weighted by Gasteiger charge is 2.24. The SMILES string of the molecule is CC1=[N+]([O-])N(c2ccc(S(=O)(=O)O)cc2)CC1. The van der Waals surface area contributed by atoms with E-state index in [2.05, 4.69) is 0 Å². The van der Waals surface area contributed by atoms with Crippen LogP contribution >= 0.6 is 0 Å². The van der Waals surface area contributed by atoms with Crippen LogP contribution in [0.3, 0.4) is 0 Å². The van der Waals surface area contributed by atoms with Gasteiger partial charge >= 0.3 is 0 Å². The molecule has 0 saturated heterocycles. The summed E-state index contributed by atoms with van der Waals surface area (Å²) in [5.41, 5.74) is 1.31. The first kappa shape index (κ1) is 11.9. The third-order valence-electron chi connectivity index (χ3n) is 2.66. The van der Waals surface area contributed by atoms with E-state index in [-0.39, 0.29) is 4.90 Å². The van der Waals surface area contributed by atoms with Gasteiger partial charge in [-0.1, -0.05) is 4.85 Å². The van der Waals surface area contributed by atoms with Crippen molar-refractivity contribution >= 4 is 21.5 Å². The number of hydrogen-bond acceptors (Lipinski definition) is 4. The second-order valence-corrected chi connectivity index (χ2v) is 5.27. The summed E-state index contributed by atoms with van der Waals surface area (Å²) in [5, 5.41) is 13.1. The Labute approximate surface area is 99.1 Å². The summed E-state index contributed by atoms with van der Waals surface area (Å²) in [6, 6.07) is 5.53. The minimum atomic E-state index is -4.18. The van der Waals surface area contributed by atoms with Crippen LogP contribution in [0, 0.1) is 5.21 Å². The van der Waals surface area contributed by atoms with E-state index in [9.17, 15) is 13.6 Å². The molecule has 0 radical (unpaired) electrons. The molecule has 7 heteroatoms. The molecule has 1 aliphatic heterocycles. The lowest BCUT2D eigenvalue weighted by Gasteiger charge is -2.16. The van der Waals surface area contributed by atoms with Gasteiger partial charge in [0.05, 0.1) is 17.9 Å². The van der Waals surface area contributed by atoms with Crippen LogP contribution in [0.4, 0.5) is 5.69 Å². The first-order chi connectivity index (χ1) is 7.89. The Bertz CT molecular complexity index is 562. The van der Waals surface area contributed by atoms with Gasteiger partial charge in [-0.3, -0.25) is 4.55 Å². The molecule has 1 N–H and O–H groups in total. The minimum absolute atomic E-state index is 0.182. The first-order valence-corrected chi connectivity index (χ1v) is 6.48. The molecule has 92 valence electrons. The summed E-state index contributed by atoms with van der Waals surface area (Å²) in [5.74, 6) is 0. The van der Waals surface area contributed by atoms with Crippen LogP contribution < -0.4 is 5.01 Å². The molecule has 0 atom stereocenters. The summed E-state index contributed by atoms with van der Waals surface area (Å²) in [4.78, 5) is 0.612. The number of rotatable bonds is 2. The second kappa shape index (κ2) is 4.01. The van der Waals surface area contributed by atoms with Crippen molar-refractivity contribution in [2.24, 2.45) is 0 Å². The standard InChI is InChI=1S/C10H12N2O4S/c1-8-6-7-11(12(8)13)9-2-4-10(5-3-9)17(14,15)16/h2-5H,6-7H2,1H3,(H,14,15,16). The zero-order valence-corrected chi connectivity index (χ0v) is 10.0. The van der Waals surface area contributed by atoms with E-state index in [0.29, 0.717) is 24.4 Å². The summed E-state index contributed by atoms with van der Waals surface area (Å²) in [6.07, 6.45) is 0.684. The molecule has 1 aliphatic rings. The second-order valence-electron chi connectivity index (χ2n) is 3.85. The van der Waals surface area contributed by atoms with Crippen LogP contribution in [0.2, 0.25) is 0 Å². The van der Waals surface area contributed by atoms with Gasteiger partial charge in [-0.25, -0.2) is 0 Å². The molecule has 6 nitrogen and oxygen atoms in total. The van der Waals surface area contributed by atoms with E-state index in [1.54, 1.807) is 6.92 Å². The molecular weight excluding hydrogens is 244 g/mol. The number of benzene rings is 1. The van der Waals surface area contributed by atoms with E-state index in [4.69, 9.17) is 4.55 Å². The van der Waals surface area contributed by atoms with Crippen molar-refractivity contribution in [3.05, 3.63) is 29.5 Å². The lowest BCUT2D eigenvalue weighted by atomic mass is 10.3. The molecule has 2 rings (SSSR count). The fourth-order valence-corrected chi connectivity index (χ4v) is 2.16. The number of nitrogens with zero attached hydrogens (tertiary/aromatic N) is 2. The van der Waals surface area contributed by atoms with Gasteiger partial charge < -0.3 is 5.21 Å². The average Bonchev–Trinajstić information content (AvgIpc) is 2.59. The molecule has 17 heavy (non-hydrogen) atoms. The third-order valence-corrected chi connectivity index (χ3v) is 3.53. The maximum absolute atomic E-state index is 11.6. The summed E-state index contributed by atoms with van der Waals surface area (Å²) < 4.78 is 30.5. The molecule has 0 aromatic heterocycles. The van der Waals surface area contributed by atoms with Crippen molar-refractivity contribution in [1.82, 2.24) is 0 Å². The Morgan fingerprint density at radius 1 is 1.35 bits per heavy atom. The van der Waals surface area contributed by atoms with Crippen molar-refractivity contribution < 1.29 is 17.8 Å². The monoisotopic (exact) mass is 256 g/mol. The Hall–Kier alpha value is -1.60. The molecule has 1 heterocycles. The van der Waals surface area contributed by atoms with Gasteiger partial charge in [0.25, 0.3) is 10.1 Å². The topological polar surface area (TPSA) is 83.7 Å². The molecular formula is C10H12N2O4S. The van der Waals surface area contributed by atoms with Gasteiger partial charge in [-0.15, -0.1) is 5.01 Å². The van der Waals surface area contributed by atoms with Crippen molar-refractivity contribution in [3.8, 4) is 0 Å². The fraction of sp³-hybridized carbons (Fsp3) is 0.300. The predicted octanol–water partition coefficient (Wildman–Crippen LogP) is 1.03. The Balaban J connectivity index is 2.32. The first-order valence-electron chi connectivity index (χ1n) is 5.04. The van der Waals surface area contributed by atoms with Crippen LogP contribution in [-0.2, 0) is 10.1 Å². The molecule has 0 unspecified atom stereocenters. The summed E-state index contributed by atoms with van der Waals surface area (Å²) >= 11 is 0. The Morgan fingerprint density at radius 2 is 1.94 bits per heavy atom. The fourth-order valence-electron chi connectivity index (χ4n) is 1.68. The molecule has 0 saturated carbocycles. The third kappa shape index (κ3) is 2.25. The van der Waals surface area contributed by atoms with Crippen LogP contribution in [0.25, 0.3) is 0 Å². The van der Waals surface area contributed by atoms with E-state index >= 15 is 0 Å². The minimum Gasteiger partial charge on any atom is -0.596 e. The molecule has 0 amide bonds. The van der Waals surface area contributed by atoms with Crippen LogP contribution in [-0.4, -0.2) is 30.1 Å². The highest BCUT2D eigenvalue weighted by Crippen LogP contribution is 2.20. The van der Waals surface area contributed by atoms with Crippen molar-refractivity contribution in [2.45, 2.75) is 18.2 Å². The van der Waals surface area contributed by atoms with E-state index in [0.717, 1.165) is 4.85 Å². The van der Waals surface area contributed by atoms with Gasteiger partial charge in [0.2, 0.25) is 0 Å². The summed E-state index contributed by atoms with van der Waals surface area (Å²) in [7, 11) is -4.18. The quantitative estimate of drug-likeness (QED) is 0.485. The normalized spacial score (nSPS) is 16.7. The Kier molecular flexibility index (Phi) is 2.80. The number of anilines is 1. The molecule has 0 aliphatic carbocycles.